The van der Waals surface area contributed by atoms with Crippen LogP contribution in [0.1, 0.15) is 46.5 Å². The predicted molar refractivity (Wildman–Crippen MR) is 46.0 cm³/mol. The largest absolute Gasteiger partial charge is 0.0625 e. The first kappa shape index (κ1) is 8.10. The van der Waals surface area contributed by atoms with Gasteiger partial charge in [0.2, 0.25) is 0 Å². The summed E-state index contributed by atoms with van der Waals surface area (Å²) in [5.41, 5.74) is 0. The average molecular weight is 140 g/mol. The van der Waals surface area contributed by atoms with Gasteiger partial charge in [-0.25, -0.2) is 0 Å². The van der Waals surface area contributed by atoms with Gasteiger partial charge in [0.25, 0.3) is 0 Å². The molecule has 0 heteroatoms. The summed E-state index contributed by atoms with van der Waals surface area (Å²) in [7, 11) is 0. The third kappa shape index (κ3) is 2.32. The molecule has 0 nitrogen and oxygen atoms in total. The van der Waals surface area contributed by atoms with Crippen molar-refractivity contribution in [2.45, 2.75) is 46.5 Å². The van der Waals surface area contributed by atoms with Crippen LogP contribution in [0.2, 0.25) is 0 Å². The monoisotopic (exact) mass is 140 g/mol. The molecule has 0 saturated heterocycles. The highest BCUT2D eigenvalue weighted by Gasteiger charge is 2.17. The first-order valence-electron chi connectivity index (χ1n) is 4.68. The fourth-order valence-corrected chi connectivity index (χ4v) is 2.27. The van der Waals surface area contributed by atoms with Crippen molar-refractivity contribution < 1.29 is 0 Å². The first-order valence-corrected chi connectivity index (χ1v) is 4.68. The van der Waals surface area contributed by atoms with Crippen LogP contribution in [-0.2, 0) is 0 Å². The van der Waals surface area contributed by atoms with E-state index in [1.54, 1.807) is 0 Å². The van der Waals surface area contributed by atoms with Crippen molar-refractivity contribution in [3.63, 3.8) is 0 Å². The molecule has 0 heterocycles. The number of rotatable bonds is 0. The molecule has 1 saturated carbocycles. The molecule has 0 spiro atoms. The fourth-order valence-electron chi connectivity index (χ4n) is 2.27. The standard InChI is InChI=1S/C10H20/c1-8-4-5-9(2)7-10(3)6-8/h8-10H,4-7H2,1-3H3/t8-,9+,10?. The molecule has 0 bridgehead atoms. The maximum atomic E-state index is 2.40. The molecule has 1 unspecified atom stereocenters. The van der Waals surface area contributed by atoms with Crippen molar-refractivity contribution in [1.29, 1.82) is 0 Å². The van der Waals surface area contributed by atoms with Crippen LogP contribution in [0.25, 0.3) is 0 Å². The van der Waals surface area contributed by atoms with E-state index in [2.05, 4.69) is 20.8 Å². The number of hydrogen-bond acceptors (Lipinski definition) is 0. The molecule has 0 N–H and O–H groups in total. The van der Waals surface area contributed by atoms with E-state index in [4.69, 9.17) is 0 Å². The summed E-state index contributed by atoms with van der Waals surface area (Å²) in [6.07, 6.45) is 5.85. The highest BCUT2D eigenvalue weighted by atomic mass is 14.2. The normalized spacial score (nSPS) is 42.9. The van der Waals surface area contributed by atoms with E-state index in [0.717, 1.165) is 17.8 Å². The molecule has 0 aromatic rings. The van der Waals surface area contributed by atoms with Crippen LogP contribution in [0.3, 0.4) is 0 Å². The van der Waals surface area contributed by atoms with Gasteiger partial charge >= 0.3 is 0 Å². The van der Waals surface area contributed by atoms with Crippen molar-refractivity contribution >= 4 is 0 Å². The summed E-state index contributed by atoms with van der Waals surface area (Å²) >= 11 is 0. The lowest BCUT2D eigenvalue weighted by molar-refractivity contribution is 0.404. The summed E-state index contributed by atoms with van der Waals surface area (Å²) < 4.78 is 0. The van der Waals surface area contributed by atoms with Crippen molar-refractivity contribution in [1.82, 2.24) is 0 Å². The van der Waals surface area contributed by atoms with Gasteiger partial charge in [0.1, 0.15) is 0 Å². The molecule has 1 fully saturated rings. The molecular formula is C10H20. The molecule has 10 heavy (non-hydrogen) atoms. The molecule has 0 aromatic carbocycles. The van der Waals surface area contributed by atoms with Crippen LogP contribution >= 0.6 is 0 Å². The highest BCUT2D eigenvalue weighted by molar-refractivity contribution is 4.69. The Kier molecular flexibility index (Phi) is 2.76. The van der Waals surface area contributed by atoms with Gasteiger partial charge in [0.05, 0.1) is 0 Å². The van der Waals surface area contributed by atoms with Crippen LogP contribution in [-0.4, -0.2) is 0 Å². The Bertz CT molecular complexity index is 84.2. The van der Waals surface area contributed by atoms with Gasteiger partial charge in [-0.1, -0.05) is 33.6 Å². The molecule has 1 aliphatic rings. The third-order valence-electron chi connectivity index (χ3n) is 2.76. The highest BCUT2D eigenvalue weighted by Crippen LogP contribution is 2.30. The van der Waals surface area contributed by atoms with Gasteiger partial charge in [0.15, 0.2) is 0 Å². The summed E-state index contributed by atoms with van der Waals surface area (Å²) in [4.78, 5) is 0. The number of hydrogen-bond donors (Lipinski definition) is 0. The van der Waals surface area contributed by atoms with E-state index >= 15 is 0 Å². The Labute approximate surface area is 65.0 Å². The third-order valence-corrected chi connectivity index (χ3v) is 2.76. The minimum absolute atomic E-state index is 0.979. The quantitative estimate of drug-likeness (QED) is 0.452. The van der Waals surface area contributed by atoms with Gasteiger partial charge in [-0.05, 0) is 30.6 Å². The summed E-state index contributed by atoms with van der Waals surface area (Å²) in [5, 5.41) is 0. The Morgan fingerprint density at radius 3 is 1.50 bits per heavy atom. The second kappa shape index (κ2) is 3.41. The van der Waals surface area contributed by atoms with Gasteiger partial charge in [-0.2, -0.15) is 0 Å². The molecular weight excluding hydrogens is 120 g/mol. The lowest BCUT2D eigenvalue weighted by Crippen LogP contribution is -1.99. The maximum Gasteiger partial charge on any atom is -0.0438 e. The summed E-state index contributed by atoms with van der Waals surface area (Å²) in [5.74, 6) is 2.95. The zero-order valence-corrected chi connectivity index (χ0v) is 7.56. The van der Waals surface area contributed by atoms with E-state index in [0.29, 0.717) is 0 Å². The molecule has 1 rings (SSSR count). The smallest absolute Gasteiger partial charge is 0.0438 e. The minimum atomic E-state index is 0.979. The van der Waals surface area contributed by atoms with E-state index in [1.165, 1.54) is 25.7 Å². The summed E-state index contributed by atoms with van der Waals surface area (Å²) in [6.45, 7) is 7.20. The molecule has 0 aromatic heterocycles. The topological polar surface area (TPSA) is 0 Å². The van der Waals surface area contributed by atoms with Crippen molar-refractivity contribution in [2.75, 3.05) is 0 Å². The lowest BCUT2D eigenvalue weighted by atomic mass is 9.95. The summed E-state index contributed by atoms with van der Waals surface area (Å²) in [6, 6.07) is 0. The van der Waals surface area contributed by atoms with Crippen LogP contribution in [0.15, 0.2) is 0 Å². The molecule has 0 amide bonds. The lowest BCUT2D eigenvalue weighted by Gasteiger charge is -2.11. The van der Waals surface area contributed by atoms with Crippen LogP contribution in [0.5, 0.6) is 0 Å². The van der Waals surface area contributed by atoms with E-state index in [1.807, 2.05) is 0 Å². The Hall–Kier alpha value is 0. The second-order valence-electron chi connectivity index (χ2n) is 4.36. The maximum absolute atomic E-state index is 2.40. The van der Waals surface area contributed by atoms with Crippen molar-refractivity contribution in [3.8, 4) is 0 Å². The first-order chi connectivity index (χ1) is 4.68. The Morgan fingerprint density at radius 2 is 1.10 bits per heavy atom. The molecule has 0 radical (unpaired) electrons. The van der Waals surface area contributed by atoms with E-state index < -0.39 is 0 Å². The van der Waals surface area contributed by atoms with Gasteiger partial charge in [-0.3, -0.25) is 0 Å². The molecule has 60 valence electrons. The Balaban J connectivity index is 2.38. The fraction of sp³-hybridized carbons (Fsp3) is 1.00. The van der Waals surface area contributed by atoms with Crippen LogP contribution in [0.4, 0.5) is 0 Å². The van der Waals surface area contributed by atoms with Crippen LogP contribution < -0.4 is 0 Å². The van der Waals surface area contributed by atoms with Crippen molar-refractivity contribution in [3.05, 3.63) is 0 Å². The van der Waals surface area contributed by atoms with Gasteiger partial charge in [0, 0.05) is 0 Å². The van der Waals surface area contributed by atoms with E-state index in [9.17, 15) is 0 Å². The van der Waals surface area contributed by atoms with Gasteiger partial charge in [-0.15, -0.1) is 0 Å². The Morgan fingerprint density at radius 1 is 0.700 bits per heavy atom. The van der Waals surface area contributed by atoms with Gasteiger partial charge < -0.3 is 0 Å². The van der Waals surface area contributed by atoms with Crippen molar-refractivity contribution in [2.24, 2.45) is 17.8 Å². The molecule has 3 atom stereocenters. The zero-order chi connectivity index (χ0) is 7.56. The van der Waals surface area contributed by atoms with Crippen LogP contribution in [0, 0.1) is 17.8 Å². The SMILES string of the molecule is CC1C[C@H](C)CC[C@H](C)C1. The molecule has 0 aliphatic heterocycles. The second-order valence-corrected chi connectivity index (χ2v) is 4.36. The molecule has 1 aliphatic carbocycles. The zero-order valence-electron chi connectivity index (χ0n) is 7.56. The average Bonchev–Trinajstić information content (AvgIpc) is 1.93. The predicted octanol–water partition coefficient (Wildman–Crippen LogP) is 3.47. The minimum Gasteiger partial charge on any atom is -0.0625 e. The van der Waals surface area contributed by atoms with E-state index in [-0.39, 0.29) is 0 Å².